The maximum absolute atomic E-state index is 11.3. The molecule has 1 aromatic heterocycles. The summed E-state index contributed by atoms with van der Waals surface area (Å²) in [6.45, 7) is 1.93. The quantitative estimate of drug-likeness (QED) is 0.784. The van der Waals surface area contributed by atoms with Gasteiger partial charge in [0, 0.05) is 16.5 Å². The summed E-state index contributed by atoms with van der Waals surface area (Å²) >= 11 is 3.46. The Labute approximate surface area is 119 Å². The minimum Gasteiger partial charge on any atom is -0.478 e. The summed E-state index contributed by atoms with van der Waals surface area (Å²) in [4.78, 5) is 15.8. The highest BCUT2D eigenvalue weighted by molar-refractivity contribution is 9.10. The predicted octanol–water partition coefficient (Wildman–Crippen LogP) is 3.68. The van der Waals surface area contributed by atoms with E-state index in [1.165, 1.54) is 5.56 Å². The van der Waals surface area contributed by atoms with E-state index in [0.717, 1.165) is 27.7 Å². The van der Waals surface area contributed by atoms with Gasteiger partial charge in [-0.2, -0.15) is 0 Å². The van der Waals surface area contributed by atoms with Gasteiger partial charge in [-0.05, 0) is 35.7 Å². The molecule has 0 saturated carbocycles. The van der Waals surface area contributed by atoms with Gasteiger partial charge in [-0.25, -0.2) is 4.79 Å². The Kier molecular flexibility index (Phi) is 2.90. The number of halogens is 1. The number of hydrogen-bond donors (Lipinski definition) is 1. The first-order chi connectivity index (χ1) is 9.10. The highest BCUT2D eigenvalue weighted by Crippen LogP contribution is 2.37. The highest BCUT2D eigenvalue weighted by Gasteiger charge is 2.23. The number of rotatable bonds is 2. The van der Waals surface area contributed by atoms with Crippen LogP contribution in [-0.2, 0) is 12.8 Å². The number of nitrogens with zero attached hydrogens (tertiary/aromatic N) is 1. The molecule has 1 aliphatic rings. The molecule has 1 heterocycles. The molecule has 1 aromatic carbocycles. The molecular weight excluding hydrogens is 306 g/mol. The molecule has 4 heteroatoms. The second kappa shape index (κ2) is 4.46. The number of aromatic nitrogens is 1. The third-order valence-corrected chi connectivity index (χ3v) is 3.94. The van der Waals surface area contributed by atoms with Gasteiger partial charge in [0.2, 0.25) is 0 Å². The van der Waals surface area contributed by atoms with Crippen molar-refractivity contribution >= 4 is 21.9 Å². The van der Waals surface area contributed by atoms with Crippen molar-refractivity contribution in [3.05, 3.63) is 51.1 Å². The molecule has 0 saturated heterocycles. The van der Waals surface area contributed by atoms with Gasteiger partial charge >= 0.3 is 5.97 Å². The standard InChI is InChI=1S/C15H12BrNO2/c1-2-13-12(15(18)19)7-9-5-8-6-10(16)3-4-11(8)14(9)17-13/h3-4,6-7H,2,5H2,1H3,(H,18,19). The van der Waals surface area contributed by atoms with Crippen molar-refractivity contribution in [1.82, 2.24) is 4.98 Å². The molecule has 3 rings (SSSR count). The number of fused-ring (bicyclic) bond motifs is 3. The second-order valence-corrected chi connectivity index (χ2v) is 5.54. The molecule has 0 bridgehead atoms. The lowest BCUT2D eigenvalue weighted by molar-refractivity contribution is 0.0695. The van der Waals surface area contributed by atoms with E-state index in [-0.39, 0.29) is 0 Å². The maximum atomic E-state index is 11.3. The third kappa shape index (κ3) is 1.96. The minimum atomic E-state index is -0.899. The van der Waals surface area contributed by atoms with Crippen molar-refractivity contribution in [1.29, 1.82) is 0 Å². The molecular formula is C15H12BrNO2. The highest BCUT2D eigenvalue weighted by atomic mass is 79.9. The Bertz CT molecular complexity index is 695. The van der Waals surface area contributed by atoms with Gasteiger partial charge < -0.3 is 5.11 Å². The van der Waals surface area contributed by atoms with Gasteiger partial charge in [-0.15, -0.1) is 0 Å². The fourth-order valence-electron chi connectivity index (χ4n) is 2.56. The largest absolute Gasteiger partial charge is 0.478 e. The normalized spacial score (nSPS) is 12.1. The van der Waals surface area contributed by atoms with E-state index in [0.29, 0.717) is 17.7 Å². The molecule has 0 spiro atoms. The molecule has 0 unspecified atom stereocenters. The summed E-state index contributed by atoms with van der Waals surface area (Å²) in [6.07, 6.45) is 1.38. The lowest BCUT2D eigenvalue weighted by Crippen LogP contribution is -2.06. The molecule has 1 aliphatic carbocycles. The monoisotopic (exact) mass is 317 g/mol. The van der Waals surface area contributed by atoms with E-state index < -0.39 is 5.97 Å². The Morgan fingerprint density at radius 2 is 2.16 bits per heavy atom. The van der Waals surface area contributed by atoms with Crippen LogP contribution in [0.25, 0.3) is 11.3 Å². The first-order valence-electron chi connectivity index (χ1n) is 6.15. The number of aromatic carboxylic acids is 1. The van der Waals surface area contributed by atoms with Crippen LogP contribution in [0.3, 0.4) is 0 Å². The van der Waals surface area contributed by atoms with E-state index >= 15 is 0 Å². The number of hydrogen-bond acceptors (Lipinski definition) is 2. The molecule has 0 amide bonds. The van der Waals surface area contributed by atoms with Crippen LogP contribution in [0.5, 0.6) is 0 Å². The number of benzene rings is 1. The third-order valence-electron chi connectivity index (χ3n) is 3.45. The van der Waals surface area contributed by atoms with Crippen LogP contribution in [0.15, 0.2) is 28.7 Å². The zero-order chi connectivity index (χ0) is 13.6. The SMILES string of the molecule is CCc1nc2c(cc1C(=O)O)Cc1cc(Br)ccc1-2. The van der Waals surface area contributed by atoms with Crippen LogP contribution in [0.2, 0.25) is 0 Å². The molecule has 2 aromatic rings. The first kappa shape index (κ1) is 12.4. The molecule has 1 N–H and O–H groups in total. The summed E-state index contributed by atoms with van der Waals surface area (Å²) < 4.78 is 1.04. The molecule has 19 heavy (non-hydrogen) atoms. The first-order valence-corrected chi connectivity index (χ1v) is 6.94. The fourth-order valence-corrected chi connectivity index (χ4v) is 2.97. The van der Waals surface area contributed by atoms with Gasteiger partial charge in [0.1, 0.15) is 0 Å². The van der Waals surface area contributed by atoms with Gasteiger partial charge in [-0.1, -0.05) is 28.9 Å². The van der Waals surface area contributed by atoms with Crippen LogP contribution < -0.4 is 0 Å². The van der Waals surface area contributed by atoms with Crippen molar-refractivity contribution in [2.24, 2.45) is 0 Å². The Hall–Kier alpha value is -1.68. The minimum absolute atomic E-state index is 0.327. The van der Waals surface area contributed by atoms with Crippen molar-refractivity contribution < 1.29 is 9.90 Å². The van der Waals surface area contributed by atoms with Crippen molar-refractivity contribution in [3.8, 4) is 11.3 Å². The molecule has 96 valence electrons. The molecule has 0 atom stereocenters. The molecule has 0 radical (unpaired) electrons. The number of carbonyl (C=O) groups is 1. The number of carboxylic acid groups (broad SMARTS) is 1. The topological polar surface area (TPSA) is 50.2 Å². The zero-order valence-electron chi connectivity index (χ0n) is 10.4. The van der Waals surface area contributed by atoms with Crippen LogP contribution in [-0.4, -0.2) is 16.1 Å². The summed E-state index contributed by atoms with van der Waals surface area (Å²) in [7, 11) is 0. The Morgan fingerprint density at radius 3 is 2.84 bits per heavy atom. The van der Waals surface area contributed by atoms with Gasteiger partial charge in [0.05, 0.1) is 17.0 Å². The van der Waals surface area contributed by atoms with E-state index in [1.807, 2.05) is 19.1 Å². The maximum Gasteiger partial charge on any atom is 0.337 e. The van der Waals surface area contributed by atoms with Gasteiger partial charge in [0.25, 0.3) is 0 Å². The van der Waals surface area contributed by atoms with Crippen LogP contribution in [0, 0.1) is 0 Å². The van der Waals surface area contributed by atoms with Gasteiger partial charge in [-0.3, -0.25) is 4.98 Å². The Morgan fingerprint density at radius 1 is 1.37 bits per heavy atom. The summed E-state index contributed by atoms with van der Waals surface area (Å²) in [5.41, 5.74) is 5.23. The van der Waals surface area contributed by atoms with E-state index in [2.05, 4.69) is 27.0 Å². The average molecular weight is 318 g/mol. The number of pyridine rings is 1. The molecule has 0 fully saturated rings. The lowest BCUT2D eigenvalue weighted by atomic mass is 10.1. The van der Waals surface area contributed by atoms with Gasteiger partial charge in [0.15, 0.2) is 0 Å². The van der Waals surface area contributed by atoms with Crippen LogP contribution in [0.4, 0.5) is 0 Å². The number of carboxylic acids is 1. The van der Waals surface area contributed by atoms with Crippen LogP contribution in [0.1, 0.15) is 34.1 Å². The van der Waals surface area contributed by atoms with E-state index in [4.69, 9.17) is 0 Å². The smallest absolute Gasteiger partial charge is 0.337 e. The van der Waals surface area contributed by atoms with Crippen LogP contribution >= 0.6 is 15.9 Å². The number of aryl methyl sites for hydroxylation is 1. The van der Waals surface area contributed by atoms with Crippen molar-refractivity contribution in [2.75, 3.05) is 0 Å². The fraction of sp³-hybridized carbons (Fsp3) is 0.200. The van der Waals surface area contributed by atoms with E-state index in [1.54, 1.807) is 6.07 Å². The lowest BCUT2D eigenvalue weighted by Gasteiger charge is -2.07. The summed E-state index contributed by atoms with van der Waals surface area (Å²) in [6, 6.07) is 7.88. The van der Waals surface area contributed by atoms with Crippen molar-refractivity contribution in [3.63, 3.8) is 0 Å². The zero-order valence-corrected chi connectivity index (χ0v) is 12.0. The second-order valence-electron chi connectivity index (χ2n) is 4.63. The Balaban J connectivity index is 2.21. The predicted molar refractivity (Wildman–Crippen MR) is 76.5 cm³/mol. The average Bonchev–Trinajstić information content (AvgIpc) is 2.73. The molecule has 3 nitrogen and oxygen atoms in total. The molecule has 0 aliphatic heterocycles. The van der Waals surface area contributed by atoms with Crippen molar-refractivity contribution in [2.45, 2.75) is 19.8 Å². The summed E-state index contributed by atoms with van der Waals surface area (Å²) in [5, 5.41) is 9.24. The van der Waals surface area contributed by atoms with E-state index in [9.17, 15) is 9.90 Å². The summed E-state index contributed by atoms with van der Waals surface area (Å²) in [5.74, 6) is -0.899.